The van der Waals surface area contributed by atoms with Gasteiger partial charge in [-0.15, -0.1) is 0 Å². The van der Waals surface area contributed by atoms with E-state index in [9.17, 15) is 5.11 Å². The first-order valence-corrected chi connectivity index (χ1v) is 4.68. The van der Waals surface area contributed by atoms with Gasteiger partial charge in [-0.3, -0.25) is 0 Å². The van der Waals surface area contributed by atoms with E-state index in [1.165, 1.54) is 0 Å². The molecule has 0 saturated carbocycles. The topological polar surface area (TPSA) is 72.3 Å². The van der Waals surface area contributed by atoms with E-state index in [0.717, 1.165) is 36.9 Å². The van der Waals surface area contributed by atoms with Crippen molar-refractivity contribution in [1.82, 2.24) is 5.16 Å². The predicted molar refractivity (Wildman–Crippen MR) is 47.2 cm³/mol. The highest BCUT2D eigenvalue weighted by Gasteiger charge is 2.23. The van der Waals surface area contributed by atoms with Crippen molar-refractivity contribution >= 4 is 0 Å². The second kappa shape index (κ2) is 3.47. The molecule has 0 saturated heterocycles. The minimum Gasteiger partial charge on any atom is -0.384 e. The van der Waals surface area contributed by atoms with Crippen LogP contribution in [0.1, 0.15) is 36.0 Å². The summed E-state index contributed by atoms with van der Waals surface area (Å²) in [6, 6.07) is 0. The number of aliphatic hydroxyl groups is 1. The lowest BCUT2D eigenvalue weighted by Crippen LogP contribution is -2.13. The molecule has 1 aromatic rings. The Bertz CT molecular complexity index is 296. The number of aromatic nitrogens is 1. The first kappa shape index (κ1) is 8.72. The molecule has 72 valence electrons. The van der Waals surface area contributed by atoms with E-state index in [-0.39, 0.29) is 6.54 Å². The minimum atomic E-state index is -0.686. The molecule has 0 aliphatic heterocycles. The van der Waals surface area contributed by atoms with E-state index in [1.54, 1.807) is 0 Å². The van der Waals surface area contributed by atoms with Crippen LogP contribution in [-0.2, 0) is 12.8 Å². The second-order valence-corrected chi connectivity index (χ2v) is 3.43. The van der Waals surface area contributed by atoms with E-state index >= 15 is 0 Å². The molecule has 0 radical (unpaired) electrons. The Morgan fingerprint density at radius 1 is 1.46 bits per heavy atom. The summed E-state index contributed by atoms with van der Waals surface area (Å²) in [6.07, 6.45) is 3.56. The molecule has 1 aliphatic carbocycles. The number of aryl methyl sites for hydroxylation is 1. The number of aliphatic hydroxyl groups excluding tert-OH is 1. The van der Waals surface area contributed by atoms with Crippen LogP contribution in [0.2, 0.25) is 0 Å². The van der Waals surface area contributed by atoms with Crippen LogP contribution >= 0.6 is 0 Å². The molecule has 0 aromatic carbocycles. The number of nitrogens with two attached hydrogens (primary N) is 1. The van der Waals surface area contributed by atoms with E-state index in [4.69, 9.17) is 10.3 Å². The summed E-state index contributed by atoms with van der Waals surface area (Å²) < 4.78 is 5.09. The lowest BCUT2D eigenvalue weighted by molar-refractivity contribution is 0.146. The summed E-state index contributed by atoms with van der Waals surface area (Å²) in [5, 5.41) is 13.5. The highest BCUT2D eigenvalue weighted by Crippen LogP contribution is 2.27. The molecule has 1 atom stereocenters. The number of hydrogen-bond acceptors (Lipinski definition) is 4. The fourth-order valence-corrected chi connectivity index (χ4v) is 1.78. The Morgan fingerprint density at radius 3 is 3.00 bits per heavy atom. The zero-order valence-electron chi connectivity index (χ0n) is 7.49. The molecule has 13 heavy (non-hydrogen) atoms. The van der Waals surface area contributed by atoms with Gasteiger partial charge in [-0.2, -0.15) is 0 Å². The highest BCUT2D eigenvalue weighted by molar-refractivity contribution is 5.26. The molecule has 1 unspecified atom stereocenters. The van der Waals surface area contributed by atoms with Crippen molar-refractivity contribution in [1.29, 1.82) is 0 Å². The van der Waals surface area contributed by atoms with Gasteiger partial charge in [0.15, 0.2) is 5.76 Å². The Labute approximate surface area is 76.7 Å². The van der Waals surface area contributed by atoms with Crippen molar-refractivity contribution < 1.29 is 9.63 Å². The van der Waals surface area contributed by atoms with Crippen molar-refractivity contribution in [3.05, 3.63) is 17.0 Å². The molecule has 0 spiro atoms. The molecule has 0 fully saturated rings. The largest absolute Gasteiger partial charge is 0.384 e. The maximum Gasteiger partial charge on any atom is 0.169 e. The second-order valence-electron chi connectivity index (χ2n) is 3.43. The van der Waals surface area contributed by atoms with Crippen LogP contribution in [0, 0.1) is 0 Å². The van der Waals surface area contributed by atoms with Gasteiger partial charge in [0.05, 0.1) is 5.69 Å². The normalized spacial score (nSPS) is 18.3. The molecule has 2 rings (SSSR count). The summed E-state index contributed by atoms with van der Waals surface area (Å²) in [6.45, 7) is 0.196. The summed E-state index contributed by atoms with van der Waals surface area (Å²) in [4.78, 5) is 0. The number of rotatable bonds is 2. The maximum absolute atomic E-state index is 9.52. The lowest BCUT2D eigenvalue weighted by atomic mass is 9.95. The van der Waals surface area contributed by atoms with E-state index in [1.807, 2.05) is 0 Å². The number of fused-ring (bicyclic) bond motifs is 1. The fourth-order valence-electron chi connectivity index (χ4n) is 1.78. The van der Waals surface area contributed by atoms with Crippen molar-refractivity contribution in [3.8, 4) is 0 Å². The van der Waals surface area contributed by atoms with Gasteiger partial charge >= 0.3 is 0 Å². The monoisotopic (exact) mass is 182 g/mol. The average molecular weight is 182 g/mol. The molecule has 1 aromatic heterocycles. The number of nitrogens with zero attached hydrogens (tertiary/aromatic N) is 1. The molecule has 1 aliphatic rings. The van der Waals surface area contributed by atoms with Gasteiger partial charge in [-0.05, 0) is 25.7 Å². The van der Waals surface area contributed by atoms with Crippen molar-refractivity contribution in [2.45, 2.75) is 31.8 Å². The summed E-state index contributed by atoms with van der Waals surface area (Å²) >= 11 is 0. The molecular weight excluding hydrogens is 168 g/mol. The third kappa shape index (κ3) is 1.47. The molecule has 0 amide bonds. The van der Waals surface area contributed by atoms with Gasteiger partial charge in [0.1, 0.15) is 6.10 Å². The number of hydrogen-bond donors (Lipinski definition) is 2. The van der Waals surface area contributed by atoms with Crippen LogP contribution in [0.3, 0.4) is 0 Å². The fraction of sp³-hybridized carbons (Fsp3) is 0.667. The van der Waals surface area contributed by atoms with Gasteiger partial charge in [-0.1, -0.05) is 5.16 Å². The van der Waals surface area contributed by atoms with Crippen LogP contribution in [0.15, 0.2) is 4.52 Å². The maximum atomic E-state index is 9.52. The van der Waals surface area contributed by atoms with Crippen LogP contribution < -0.4 is 5.73 Å². The van der Waals surface area contributed by atoms with Crippen molar-refractivity contribution in [3.63, 3.8) is 0 Å². The summed E-state index contributed by atoms with van der Waals surface area (Å²) in [5.74, 6) is 0.581. The van der Waals surface area contributed by atoms with E-state index in [0.29, 0.717) is 5.76 Å². The highest BCUT2D eigenvalue weighted by atomic mass is 16.5. The Hall–Kier alpha value is -0.870. The Kier molecular flexibility index (Phi) is 2.33. The SMILES string of the molecule is NCC(O)c1onc2c1CCCC2. The van der Waals surface area contributed by atoms with Crippen molar-refractivity contribution in [2.24, 2.45) is 5.73 Å². The smallest absolute Gasteiger partial charge is 0.169 e. The molecular formula is C9H14N2O2. The van der Waals surface area contributed by atoms with Crippen LogP contribution in [-0.4, -0.2) is 16.8 Å². The van der Waals surface area contributed by atoms with Crippen LogP contribution in [0.25, 0.3) is 0 Å². The van der Waals surface area contributed by atoms with E-state index < -0.39 is 6.10 Å². The quantitative estimate of drug-likeness (QED) is 0.700. The van der Waals surface area contributed by atoms with Crippen molar-refractivity contribution in [2.75, 3.05) is 6.54 Å². The average Bonchev–Trinajstić information content (AvgIpc) is 2.60. The zero-order valence-corrected chi connectivity index (χ0v) is 7.49. The predicted octanol–water partition coefficient (Wildman–Crippen LogP) is 0.545. The Balaban J connectivity index is 2.31. The summed E-state index contributed by atoms with van der Waals surface area (Å²) in [5.41, 5.74) is 7.45. The molecule has 1 heterocycles. The first-order valence-electron chi connectivity index (χ1n) is 4.68. The van der Waals surface area contributed by atoms with Gasteiger partial charge in [0.2, 0.25) is 0 Å². The van der Waals surface area contributed by atoms with E-state index in [2.05, 4.69) is 5.16 Å². The molecule has 3 N–H and O–H groups in total. The first-order chi connectivity index (χ1) is 6.33. The lowest BCUT2D eigenvalue weighted by Gasteiger charge is -2.11. The molecule has 0 bridgehead atoms. The third-order valence-corrected chi connectivity index (χ3v) is 2.52. The molecule has 4 heteroatoms. The van der Waals surface area contributed by atoms with Crippen LogP contribution in [0.4, 0.5) is 0 Å². The minimum absolute atomic E-state index is 0.196. The molecule has 4 nitrogen and oxygen atoms in total. The summed E-state index contributed by atoms with van der Waals surface area (Å²) in [7, 11) is 0. The van der Waals surface area contributed by atoms with Gasteiger partial charge in [-0.25, -0.2) is 0 Å². The zero-order chi connectivity index (χ0) is 9.26. The Morgan fingerprint density at radius 2 is 2.23 bits per heavy atom. The van der Waals surface area contributed by atoms with Gasteiger partial charge < -0.3 is 15.4 Å². The van der Waals surface area contributed by atoms with Gasteiger partial charge in [0.25, 0.3) is 0 Å². The van der Waals surface area contributed by atoms with Gasteiger partial charge in [0, 0.05) is 12.1 Å². The third-order valence-electron chi connectivity index (χ3n) is 2.52. The standard InChI is InChI=1S/C9H14N2O2/c10-5-8(12)9-6-3-1-2-4-7(6)11-13-9/h8,12H,1-5,10H2. The van der Waals surface area contributed by atoms with Crippen LogP contribution in [0.5, 0.6) is 0 Å².